The highest BCUT2D eigenvalue weighted by atomic mass is 79.9. The molecule has 33 heavy (non-hydrogen) atoms. The Bertz CT molecular complexity index is 880. The number of phosphoric acid groups is 1. The summed E-state index contributed by atoms with van der Waals surface area (Å²) >= 11 is 3.43. The summed E-state index contributed by atoms with van der Waals surface area (Å²) < 4.78 is 70.0. The zero-order valence-corrected chi connectivity index (χ0v) is 21.0. The van der Waals surface area contributed by atoms with E-state index in [-0.39, 0.29) is 19.8 Å². The van der Waals surface area contributed by atoms with Crippen LogP contribution in [0.3, 0.4) is 0 Å². The maximum Gasteiger partial charge on any atom is 0.477 e. The van der Waals surface area contributed by atoms with Crippen LogP contribution < -0.4 is 4.90 Å². The molecule has 1 saturated heterocycles. The first-order valence-electron chi connectivity index (χ1n) is 10.7. The molecule has 1 aromatic carbocycles. The first-order valence-corrected chi connectivity index (χ1v) is 12.9. The van der Waals surface area contributed by atoms with Gasteiger partial charge in [0, 0.05) is 49.1 Å². The van der Waals surface area contributed by atoms with E-state index in [4.69, 9.17) is 13.6 Å². The number of rotatable bonds is 9. The van der Waals surface area contributed by atoms with E-state index in [0.717, 1.165) is 28.1 Å². The summed E-state index contributed by atoms with van der Waals surface area (Å²) in [7, 11) is -4.37. The van der Waals surface area contributed by atoms with E-state index in [1.54, 1.807) is 12.2 Å². The minimum atomic E-state index is -4.81. The van der Waals surface area contributed by atoms with Gasteiger partial charge in [0.1, 0.15) is 0 Å². The summed E-state index contributed by atoms with van der Waals surface area (Å²) in [6, 6.07) is 8.02. The molecule has 0 N–H and O–H groups in total. The molecule has 0 aromatic heterocycles. The molecule has 12 heteroatoms. The van der Waals surface area contributed by atoms with E-state index >= 15 is 0 Å². The molecule has 1 fully saturated rings. The van der Waals surface area contributed by atoms with Crippen LogP contribution >= 0.6 is 23.8 Å². The molecule has 0 bridgehead atoms. The number of anilines is 1. The fourth-order valence-electron chi connectivity index (χ4n) is 3.63. The van der Waals surface area contributed by atoms with Gasteiger partial charge in [0.05, 0.1) is 18.9 Å². The second-order valence-corrected chi connectivity index (χ2v) is 9.92. The Morgan fingerprint density at radius 3 is 2.15 bits per heavy atom. The fourth-order valence-corrected chi connectivity index (χ4v) is 5.21. The molecule has 0 spiro atoms. The molecule has 1 unspecified atom stereocenters. The van der Waals surface area contributed by atoms with Gasteiger partial charge in [-0.1, -0.05) is 22.0 Å². The average molecular weight is 554 g/mol. The van der Waals surface area contributed by atoms with Crippen molar-refractivity contribution in [1.82, 2.24) is 9.80 Å². The zero-order chi connectivity index (χ0) is 24.1. The molecular weight excluding hydrogens is 526 g/mol. The number of hydrogen-bond donors (Lipinski definition) is 0. The third-order valence-corrected chi connectivity index (χ3v) is 7.26. The van der Waals surface area contributed by atoms with Crippen LogP contribution in [0.5, 0.6) is 0 Å². The van der Waals surface area contributed by atoms with Gasteiger partial charge in [-0.3, -0.25) is 13.6 Å². The van der Waals surface area contributed by atoms with Crippen molar-refractivity contribution in [2.75, 3.05) is 50.8 Å². The average Bonchev–Trinajstić information content (AvgIpc) is 2.78. The third kappa shape index (κ3) is 6.99. The van der Waals surface area contributed by atoms with Crippen molar-refractivity contribution in [2.45, 2.75) is 26.3 Å². The summed E-state index contributed by atoms with van der Waals surface area (Å²) in [6.07, 6.45) is -2.45. The maximum atomic E-state index is 13.9. The Hall–Kier alpha value is -1.52. The van der Waals surface area contributed by atoms with Crippen molar-refractivity contribution in [3.63, 3.8) is 0 Å². The lowest BCUT2D eigenvalue weighted by Crippen LogP contribution is -2.48. The summed E-state index contributed by atoms with van der Waals surface area (Å²) in [5.41, 5.74) is 1.73. The van der Waals surface area contributed by atoms with E-state index in [0.29, 0.717) is 18.8 Å². The van der Waals surface area contributed by atoms with Crippen molar-refractivity contribution in [3.8, 4) is 0 Å². The van der Waals surface area contributed by atoms with Gasteiger partial charge < -0.3 is 14.7 Å². The van der Waals surface area contributed by atoms with E-state index in [1.807, 2.05) is 29.2 Å². The molecule has 2 heterocycles. The smallest absolute Gasteiger partial charge is 0.368 e. The first kappa shape index (κ1) is 26.1. The van der Waals surface area contributed by atoms with Crippen LogP contribution in [0, 0.1) is 0 Å². The van der Waals surface area contributed by atoms with E-state index in [9.17, 15) is 17.7 Å². The van der Waals surface area contributed by atoms with Gasteiger partial charge in [-0.25, -0.2) is 4.57 Å². The Morgan fingerprint density at radius 2 is 1.61 bits per heavy atom. The number of nitrogens with zero attached hydrogens (tertiary/aromatic N) is 3. The number of allylic oxidation sites excluding steroid dienone is 1. The molecule has 1 aromatic rings. The van der Waals surface area contributed by atoms with Gasteiger partial charge in [0.25, 0.3) is 0 Å². The SMILES string of the molecule is CCOP(=O)(OCC)OC(N1C=C(N2CCN(c3ccc(Br)cc3)CC2)C=CC1)C(F)(F)F. The highest BCUT2D eigenvalue weighted by Crippen LogP contribution is 2.52. The summed E-state index contributed by atoms with van der Waals surface area (Å²) in [5, 5.41) is 0. The Kier molecular flexibility index (Phi) is 8.91. The van der Waals surface area contributed by atoms with Crippen molar-refractivity contribution >= 4 is 29.4 Å². The highest BCUT2D eigenvalue weighted by molar-refractivity contribution is 9.10. The summed E-state index contributed by atoms with van der Waals surface area (Å²) in [4.78, 5) is 5.23. The van der Waals surface area contributed by atoms with Gasteiger partial charge in [-0.2, -0.15) is 13.2 Å². The number of halogens is 4. The predicted molar refractivity (Wildman–Crippen MR) is 124 cm³/mol. The van der Waals surface area contributed by atoms with Crippen LogP contribution in [0.4, 0.5) is 18.9 Å². The largest absolute Gasteiger partial charge is 0.477 e. The number of phosphoric ester groups is 1. The molecular formula is C21H28BrF3N3O4P. The minimum absolute atomic E-state index is 0.0508. The number of benzene rings is 1. The van der Waals surface area contributed by atoms with Crippen molar-refractivity contribution in [1.29, 1.82) is 0 Å². The quantitative estimate of drug-likeness (QED) is 0.381. The predicted octanol–water partition coefficient (Wildman–Crippen LogP) is 5.37. The van der Waals surface area contributed by atoms with Crippen LogP contribution in [0.15, 0.2) is 52.8 Å². The third-order valence-electron chi connectivity index (χ3n) is 5.12. The minimum Gasteiger partial charge on any atom is -0.368 e. The van der Waals surface area contributed by atoms with Gasteiger partial charge in [0.15, 0.2) is 0 Å². The lowest BCUT2D eigenvalue weighted by molar-refractivity contribution is -0.236. The lowest BCUT2D eigenvalue weighted by Gasteiger charge is -2.40. The van der Waals surface area contributed by atoms with Gasteiger partial charge in [-0.15, -0.1) is 0 Å². The molecule has 3 rings (SSSR count). The van der Waals surface area contributed by atoms with Crippen LogP contribution in [-0.4, -0.2) is 68.1 Å². The van der Waals surface area contributed by atoms with Crippen molar-refractivity contribution < 1.29 is 31.3 Å². The Labute approximate surface area is 200 Å². The van der Waals surface area contributed by atoms with Crippen molar-refractivity contribution in [3.05, 3.63) is 52.8 Å². The number of alkyl halides is 3. The Morgan fingerprint density at radius 1 is 1.03 bits per heavy atom. The first-order chi connectivity index (χ1) is 15.6. The highest BCUT2D eigenvalue weighted by Gasteiger charge is 2.49. The molecule has 2 aliphatic heterocycles. The molecule has 184 valence electrons. The zero-order valence-electron chi connectivity index (χ0n) is 18.5. The van der Waals surface area contributed by atoms with Crippen LogP contribution in [0.1, 0.15) is 13.8 Å². The fraction of sp³-hybridized carbons (Fsp3) is 0.524. The molecule has 0 radical (unpaired) electrons. The van der Waals surface area contributed by atoms with Crippen LogP contribution in [0.25, 0.3) is 0 Å². The standard InChI is InChI=1S/C21H28BrF3N3O4P/c1-3-30-33(29,31-4-2)32-20(21(23,24)25)28-11-5-6-19(16-28)27-14-12-26(13-15-27)18-9-7-17(22)8-10-18/h5-10,16,20H,3-4,11-15H2,1-2H3. The van der Waals surface area contributed by atoms with Gasteiger partial charge in [-0.05, 0) is 44.2 Å². The molecule has 1 atom stereocenters. The topological polar surface area (TPSA) is 54.5 Å². The monoisotopic (exact) mass is 553 g/mol. The maximum absolute atomic E-state index is 13.9. The number of piperazine rings is 1. The number of hydrogen-bond acceptors (Lipinski definition) is 7. The second-order valence-electron chi connectivity index (χ2n) is 7.39. The lowest BCUT2D eigenvalue weighted by atomic mass is 10.2. The van der Waals surface area contributed by atoms with Gasteiger partial charge in [0.2, 0.25) is 6.23 Å². The molecule has 2 aliphatic rings. The van der Waals surface area contributed by atoms with Crippen molar-refractivity contribution in [2.24, 2.45) is 0 Å². The second kappa shape index (κ2) is 11.3. The van der Waals surface area contributed by atoms with Crippen LogP contribution in [0.2, 0.25) is 0 Å². The summed E-state index contributed by atoms with van der Waals surface area (Å²) in [5.74, 6) is 0. The molecule has 0 amide bonds. The summed E-state index contributed by atoms with van der Waals surface area (Å²) in [6.45, 7) is 5.51. The van der Waals surface area contributed by atoms with E-state index in [1.165, 1.54) is 20.0 Å². The Balaban J connectivity index is 1.71. The van der Waals surface area contributed by atoms with Crippen LogP contribution in [-0.2, 0) is 18.1 Å². The van der Waals surface area contributed by atoms with Gasteiger partial charge >= 0.3 is 14.0 Å². The molecule has 0 aliphatic carbocycles. The normalized spacial score (nSPS) is 18.5. The molecule has 0 saturated carbocycles. The molecule has 7 nitrogen and oxygen atoms in total. The van der Waals surface area contributed by atoms with E-state index < -0.39 is 20.2 Å². The van der Waals surface area contributed by atoms with E-state index in [2.05, 4.69) is 20.8 Å².